The summed E-state index contributed by atoms with van der Waals surface area (Å²) in [5.74, 6) is -2.84. The maximum absolute atomic E-state index is 14.6. The predicted octanol–water partition coefficient (Wildman–Crippen LogP) is 4.40. The number of carbonyl (C=O) groups excluding carboxylic acids is 4. The first-order valence-electron chi connectivity index (χ1n) is 17.5. The lowest BCUT2D eigenvalue weighted by atomic mass is 9.89. The number of ether oxygens (including phenoxy) is 2. The zero-order chi connectivity index (χ0) is 37.4. The van der Waals surface area contributed by atoms with Crippen LogP contribution in [0.25, 0.3) is 11.1 Å². The van der Waals surface area contributed by atoms with Crippen LogP contribution >= 0.6 is 0 Å². The number of benzene rings is 2. The molecule has 3 N–H and O–H groups in total. The molecule has 51 heavy (non-hydrogen) atoms. The second kappa shape index (κ2) is 14.4. The molecule has 2 aliphatic carbocycles. The number of carbonyl (C=O) groups is 4. The summed E-state index contributed by atoms with van der Waals surface area (Å²) in [5.41, 5.74) is -0.761. The lowest BCUT2D eigenvalue weighted by Crippen LogP contribution is -2.59. The summed E-state index contributed by atoms with van der Waals surface area (Å²) in [5, 5.41) is 4.93. The maximum Gasteiger partial charge on any atom is 0.408 e. The molecule has 1 aliphatic heterocycles. The molecule has 2 aromatic rings. The van der Waals surface area contributed by atoms with E-state index in [1.165, 1.54) is 18.1 Å². The quantitative estimate of drug-likeness (QED) is 0.257. The van der Waals surface area contributed by atoms with Crippen molar-refractivity contribution < 1.29 is 37.1 Å². The van der Waals surface area contributed by atoms with Gasteiger partial charge in [-0.1, -0.05) is 80.9 Å². The van der Waals surface area contributed by atoms with Gasteiger partial charge in [-0.3, -0.25) is 19.1 Å². The van der Waals surface area contributed by atoms with Crippen molar-refractivity contribution in [3.8, 4) is 11.1 Å². The highest BCUT2D eigenvalue weighted by molar-refractivity contribution is 7.91. The number of hydrogen-bond donors (Lipinski definition) is 3. The highest BCUT2D eigenvalue weighted by atomic mass is 32.2. The Morgan fingerprint density at radius 1 is 1.02 bits per heavy atom. The highest BCUT2D eigenvalue weighted by Crippen LogP contribution is 2.46. The van der Waals surface area contributed by atoms with Gasteiger partial charge in [0, 0.05) is 19.4 Å². The highest BCUT2D eigenvalue weighted by Gasteiger charge is 2.62. The molecule has 1 heterocycles. The van der Waals surface area contributed by atoms with Gasteiger partial charge in [0.05, 0.1) is 11.8 Å². The summed E-state index contributed by atoms with van der Waals surface area (Å²) in [6.07, 6.45) is 2.39. The van der Waals surface area contributed by atoms with E-state index in [0.717, 1.165) is 16.7 Å². The predicted molar refractivity (Wildman–Crippen MR) is 193 cm³/mol. The van der Waals surface area contributed by atoms with Gasteiger partial charge in [-0.25, -0.2) is 13.2 Å². The van der Waals surface area contributed by atoms with E-state index in [-0.39, 0.29) is 25.3 Å². The molecular weight excluding hydrogens is 673 g/mol. The zero-order valence-corrected chi connectivity index (χ0v) is 31.0. The number of amides is 4. The van der Waals surface area contributed by atoms with Crippen LogP contribution in [0.5, 0.6) is 0 Å². The molecule has 1 unspecified atom stereocenters. The summed E-state index contributed by atoms with van der Waals surface area (Å²) in [6, 6.07) is 15.4. The molecule has 2 saturated carbocycles. The van der Waals surface area contributed by atoms with E-state index in [1.54, 1.807) is 20.8 Å². The van der Waals surface area contributed by atoms with Crippen LogP contribution in [-0.4, -0.2) is 79.3 Å². The number of sulfonamides is 1. The number of alkyl carbamates (subject to hydrolysis) is 1. The Balaban J connectivity index is 1.49. The van der Waals surface area contributed by atoms with Gasteiger partial charge in [-0.05, 0) is 62.6 Å². The smallest absolute Gasteiger partial charge is 0.408 e. The summed E-state index contributed by atoms with van der Waals surface area (Å²) in [4.78, 5) is 56.9. The van der Waals surface area contributed by atoms with Crippen molar-refractivity contribution in [3.05, 3.63) is 72.8 Å². The van der Waals surface area contributed by atoms with Crippen LogP contribution in [0.15, 0.2) is 67.3 Å². The summed E-state index contributed by atoms with van der Waals surface area (Å²) in [7, 11) is -2.37. The number of likely N-dealkylation sites (tertiary alicyclic amines) is 1. The number of nitrogens with zero attached hydrogens (tertiary/aromatic N) is 1. The Morgan fingerprint density at radius 3 is 2.18 bits per heavy atom. The monoisotopic (exact) mass is 722 g/mol. The van der Waals surface area contributed by atoms with Gasteiger partial charge in [0.15, 0.2) is 0 Å². The van der Waals surface area contributed by atoms with Crippen LogP contribution in [0.2, 0.25) is 0 Å². The van der Waals surface area contributed by atoms with Gasteiger partial charge in [0.2, 0.25) is 21.8 Å². The van der Waals surface area contributed by atoms with Crippen molar-refractivity contribution in [1.82, 2.24) is 20.3 Å². The van der Waals surface area contributed by atoms with Gasteiger partial charge < -0.3 is 25.0 Å². The third-order valence-electron chi connectivity index (χ3n) is 10.2. The normalized spacial score (nSPS) is 25.6. The van der Waals surface area contributed by atoms with E-state index in [1.807, 2.05) is 68.4 Å². The fourth-order valence-electron chi connectivity index (χ4n) is 6.73. The first-order valence-corrected chi connectivity index (χ1v) is 19.1. The Labute approximate surface area is 300 Å². The van der Waals surface area contributed by atoms with Crippen molar-refractivity contribution in [1.29, 1.82) is 0 Å². The third-order valence-corrected chi connectivity index (χ3v) is 12.0. The van der Waals surface area contributed by atoms with E-state index in [2.05, 4.69) is 21.9 Å². The van der Waals surface area contributed by atoms with Crippen LogP contribution in [-0.2, 0) is 39.5 Å². The van der Waals surface area contributed by atoms with Crippen molar-refractivity contribution in [2.45, 2.75) is 101 Å². The molecule has 0 radical (unpaired) electrons. The molecule has 3 fully saturated rings. The van der Waals surface area contributed by atoms with Crippen LogP contribution in [0.4, 0.5) is 4.79 Å². The maximum atomic E-state index is 14.6. The molecule has 276 valence electrons. The van der Waals surface area contributed by atoms with Gasteiger partial charge in [-0.2, -0.15) is 0 Å². The van der Waals surface area contributed by atoms with Gasteiger partial charge in [0.25, 0.3) is 5.91 Å². The van der Waals surface area contributed by atoms with E-state index in [4.69, 9.17) is 9.47 Å². The largest absolute Gasteiger partial charge is 0.444 e. The molecule has 12 nitrogen and oxygen atoms in total. The van der Waals surface area contributed by atoms with Gasteiger partial charge >= 0.3 is 6.09 Å². The average molecular weight is 723 g/mol. The lowest BCUT2D eigenvalue weighted by molar-refractivity contribution is -0.142. The van der Waals surface area contributed by atoms with E-state index >= 15 is 0 Å². The first kappa shape index (κ1) is 38.0. The molecule has 6 atom stereocenters. The van der Waals surface area contributed by atoms with Crippen LogP contribution in [0.1, 0.15) is 72.3 Å². The number of methoxy groups -OCH3 is 1. The fourth-order valence-corrected chi connectivity index (χ4v) is 8.09. The molecule has 4 amide bonds. The molecule has 2 aromatic carbocycles. The fraction of sp³-hybridized carbons (Fsp3) is 0.526. The van der Waals surface area contributed by atoms with E-state index in [0.29, 0.717) is 19.3 Å². The molecular formula is C38H50N4O8S. The minimum absolute atomic E-state index is 0.0300. The third kappa shape index (κ3) is 8.14. The molecule has 0 bridgehead atoms. The van der Waals surface area contributed by atoms with E-state index < -0.39 is 73.8 Å². The van der Waals surface area contributed by atoms with Gasteiger partial charge in [-0.15, -0.1) is 6.58 Å². The second-order valence-electron chi connectivity index (χ2n) is 15.0. The Bertz CT molecular complexity index is 1760. The second-order valence-corrected chi connectivity index (χ2v) is 17.0. The Morgan fingerprint density at radius 2 is 1.65 bits per heavy atom. The minimum atomic E-state index is -3.89. The molecule has 0 spiro atoms. The number of hydrogen-bond acceptors (Lipinski definition) is 8. The molecule has 13 heteroatoms. The molecule has 5 rings (SSSR count). The van der Waals surface area contributed by atoms with Crippen molar-refractivity contribution in [2.24, 2.45) is 11.8 Å². The van der Waals surface area contributed by atoms with Crippen LogP contribution < -0.4 is 15.4 Å². The zero-order valence-electron chi connectivity index (χ0n) is 30.2. The Hall–Kier alpha value is -4.23. The lowest BCUT2D eigenvalue weighted by Gasteiger charge is -2.33. The number of rotatable bonds is 13. The minimum Gasteiger partial charge on any atom is -0.444 e. The molecule has 0 aromatic heterocycles. The summed E-state index contributed by atoms with van der Waals surface area (Å²) in [6.45, 7) is 12.6. The first-order chi connectivity index (χ1) is 24.0. The number of nitrogens with one attached hydrogen (secondary N) is 3. The standard InChI is InChI=1S/C38H50N4O8S/c1-8-24(3)31(39-35(46)50-36(4,5)6)33(44)42-23-37(49-7,28-17-15-26(16-18-28)25-13-11-10-12-14-25)22-30(42)32(43)40-38(21-27(38)9-2)34(45)41-51(47,48)29-19-20-29/h9-18,24,27,29-31H,2,8,19-23H2,1,3-7H3,(H,39,46)(H,40,43)(H,41,45)/t24-,27+,30-,31?,37-,38-/m0/s1. The van der Waals surface area contributed by atoms with Crippen molar-refractivity contribution >= 4 is 33.8 Å². The van der Waals surface area contributed by atoms with Crippen LogP contribution in [0, 0.1) is 11.8 Å². The Kier molecular flexibility index (Phi) is 10.7. The molecule has 3 aliphatic rings. The van der Waals surface area contributed by atoms with Crippen molar-refractivity contribution in [3.63, 3.8) is 0 Å². The SMILES string of the molecule is C=C[C@@H]1C[C@@]1(NC(=O)[C@@H]1C[C@@](OC)(c2ccc(-c3ccccc3)cc2)CN1C(=O)C(NC(=O)OC(C)(C)C)[C@@H](C)CC)C(=O)NS(=O)(=O)C1CC1. The summed E-state index contributed by atoms with van der Waals surface area (Å²) >= 11 is 0. The van der Waals surface area contributed by atoms with E-state index in [9.17, 15) is 27.6 Å². The topological polar surface area (TPSA) is 160 Å². The molecule has 1 saturated heterocycles. The van der Waals surface area contributed by atoms with Crippen molar-refractivity contribution in [2.75, 3.05) is 13.7 Å². The average Bonchev–Trinajstić information content (AvgIpc) is 4.03. The van der Waals surface area contributed by atoms with Gasteiger partial charge in [0.1, 0.15) is 28.8 Å². The van der Waals surface area contributed by atoms with Crippen LogP contribution in [0.3, 0.4) is 0 Å². The summed E-state index contributed by atoms with van der Waals surface area (Å²) < 4.78 is 39.3.